The summed E-state index contributed by atoms with van der Waals surface area (Å²) in [4.78, 5) is 4.67. The molecule has 0 amide bonds. The highest BCUT2D eigenvalue weighted by atomic mass is 35.5. The largest absolute Gasteiger partial charge is 0.423 e. The van der Waals surface area contributed by atoms with E-state index < -0.39 is 19.9 Å². The van der Waals surface area contributed by atoms with Gasteiger partial charge >= 0.3 is 6.01 Å². The maximum atomic E-state index is 13.2. The van der Waals surface area contributed by atoms with Gasteiger partial charge in [-0.3, -0.25) is 0 Å². The Kier molecular flexibility index (Phi) is 6.71. The van der Waals surface area contributed by atoms with E-state index in [1.54, 1.807) is 49.4 Å². The van der Waals surface area contributed by atoms with E-state index >= 15 is 0 Å². The van der Waals surface area contributed by atoms with Gasteiger partial charge in [-0.05, 0) is 48.9 Å². The van der Waals surface area contributed by atoms with Gasteiger partial charge in [-0.2, -0.15) is 4.98 Å². The van der Waals surface area contributed by atoms with Gasteiger partial charge in [-0.15, -0.1) is 11.8 Å². The molecular formula is C22H19ClN2O5S3. The molecule has 0 unspecified atom stereocenters. The predicted octanol–water partition coefficient (Wildman–Crippen LogP) is 5.16. The topological polar surface area (TPSA) is 106 Å². The summed E-state index contributed by atoms with van der Waals surface area (Å²) in [5, 5.41) is 0.379. The Morgan fingerprint density at radius 1 is 1.00 bits per heavy atom. The summed E-state index contributed by atoms with van der Waals surface area (Å²) >= 11 is 7.34. The molecule has 0 atom stereocenters. The number of sulfone groups is 1. The fourth-order valence-electron chi connectivity index (χ4n) is 3.05. The fraction of sp³-hybridized carbons (Fsp3) is 0.136. The second-order valence-electron chi connectivity index (χ2n) is 7.12. The molecule has 1 heterocycles. The van der Waals surface area contributed by atoms with Crippen LogP contribution < -0.4 is 4.72 Å². The number of oxazole rings is 1. The predicted molar refractivity (Wildman–Crippen MR) is 130 cm³/mol. The molecule has 33 heavy (non-hydrogen) atoms. The van der Waals surface area contributed by atoms with Crippen molar-refractivity contribution in [1.29, 1.82) is 0 Å². The average Bonchev–Trinajstić information content (AvgIpc) is 3.18. The Balaban J connectivity index is 1.58. The summed E-state index contributed by atoms with van der Waals surface area (Å²) in [6.45, 7) is 1.69. The number of nitrogens with one attached hydrogen (secondary N) is 1. The van der Waals surface area contributed by atoms with Crippen LogP contribution in [0.15, 0.2) is 85.8 Å². The summed E-state index contributed by atoms with van der Waals surface area (Å²) in [6.07, 6.45) is 0. The molecular weight excluding hydrogens is 504 g/mol. The molecule has 0 saturated heterocycles. The van der Waals surface area contributed by atoms with Crippen molar-refractivity contribution in [1.82, 2.24) is 4.98 Å². The fourth-order valence-corrected chi connectivity index (χ4v) is 7.51. The van der Waals surface area contributed by atoms with E-state index in [0.717, 1.165) is 11.8 Å². The van der Waals surface area contributed by atoms with Gasteiger partial charge in [0.25, 0.3) is 10.0 Å². The lowest BCUT2D eigenvalue weighted by molar-refractivity contribution is 0.589. The van der Waals surface area contributed by atoms with Crippen LogP contribution in [0.25, 0.3) is 11.1 Å². The highest BCUT2D eigenvalue weighted by molar-refractivity contribution is 8.01. The quantitative estimate of drug-likeness (QED) is 0.319. The van der Waals surface area contributed by atoms with E-state index in [2.05, 4.69) is 9.71 Å². The zero-order valence-corrected chi connectivity index (χ0v) is 20.6. The number of para-hydroxylation sites is 2. The summed E-state index contributed by atoms with van der Waals surface area (Å²) in [5.41, 5.74) is 1.53. The maximum Gasteiger partial charge on any atom is 0.309 e. The first-order valence-corrected chi connectivity index (χ1v) is 14.2. The smallest absolute Gasteiger partial charge is 0.309 e. The minimum atomic E-state index is -4.08. The number of aryl methyl sites for hydroxylation is 1. The molecule has 0 aliphatic heterocycles. The van der Waals surface area contributed by atoms with Crippen molar-refractivity contribution in [2.24, 2.45) is 0 Å². The Morgan fingerprint density at radius 3 is 2.42 bits per heavy atom. The van der Waals surface area contributed by atoms with E-state index in [1.807, 2.05) is 0 Å². The number of rotatable bonds is 8. The van der Waals surface area contributed by atoms with Crippen LogP contribution in [0.4, 0.5) is 6.01 Å². The minimum Gasteiger partial charge on any atom is -0.423 e. The number of halogens is 1. The van der Waals surface area contributed by atoms with Crippen molar-refractivity contribution < 1.29 is 21.3 Å². The summed E-state index contributed by atoms with van der Waals surface area (Å²) in [7, 11) is -7.59. The average molecular weight is 523 g/mol. The highest BCUT2D eigenvalue weighted by Gasteiger charge is 2.24. The number of anilines is 1. The lowest BCUT2D eigenvalue weighted by Crippen LogP contribution is -2.15. The SMILES string of the molecule is Cc1cc(S(=O)(=O)Nc2nc3ccccc3o2)c(SCCS(=O)(=O)c2ccccc2)cc1Cl. The molecule has 1 N–H and O–H groups in total. The van der Waals surface area contributed by atoms with E-state index in [9.17, 15) is 16.8 Å². The number of benzene rings is 3. The highest BCUT2D eigenvalue weighted by Crippen LogP contribution is 2.33. The Bertz CT molecular complexity index is 1490. The van der Waals surface area contributed by atoms with Crippen LogP contribution in [0, 0.1) is 6.92 Å². The van der Waals surface area contributed by atoms with Gasteiger partial charge in [0.2, 0.25) is 0 Å². The van der Waals surface area contributed by atoms with Crippen LogP contribution in [0.1, 0.15) is 5.56 Å². The van der Waals surface area contributed by atoms with Crippen molar-refractivity contribution >= 4 is 60.3 Å². The Morgan fingerprint density at radius 2 is 1.70 bits per heavy atom. The van der Waals surface area contributed by atoms with Gasteiger partial charge in [0.15, 0.2) is 15.4 Å². The van der Waals surface area contributed by atoms with E-state index in [1.165, 1.54) is 24.3 Å². The van der Waals surface area contributed by atoms with Crippen LogP contribution in [0.3, 0.4) is 0 Å². The lowest BCUT2D eigenvalue weighted by Gasteiger charge is -2.13. The van der Waals surface area contributed by atoms with E-state index in [0.29, 0.717) is 26.6 Å². The first kappa shape index (κ1) is 23.6. The summed E-state index contributed by atoms with van der Waals surface area (Å²) < 4.78 is 59.3. The van der Waals surface area contributed by atoms with Gasteiger partial charge < -0.3 is 4.42 Å². The van der Waals surface area contributed by atoms with Crippen LogP contribution in [0.5, 0.6) is 0 Å². The molecule has 7 nitrogen and oxygen atoms in total. The molecule has 0 bridgehead atoms. The number of thioether (sulfide) groups is 1. The van der Waals surface area contributed by atoms with Gasteiger partial charge in [0.1, 0.15) is 10.4 Å². The molecule has 11 heteroatoms. The van der Waals surface area contributed by atoms with Gasteiger partial charge in [0, 0.05) is 15.7 Å². The number of hydrogen-bond acceptors (Lipinski definition) is 7. The standard InChI is InChI=1S/C22H19ClN2O5S3/c1-15-13-21(33(28,29)25-22-24-18-9-5-6-10-19(18)30-22)20(14-17(15)23)31-11-12-32(26,27)16-7-3-2-4-8-16/h2-10,13-14H,11-12H2,1H3,(H,24,25). The first-order valence-electron chi connectivity index (χ1n) is 9.75. The third-order valence-electron chi connectivity index (χ3n) is 4.74. The monoisotopic (exact) mass is 522 g/mol. The number of hydrogen-bond donors (Lipinski definition) is 1. The van der Waals surface area contributed by atoms with Crippen molar-refractivity contribution in [2.45, 2.75) is 21.6 Å². The molecule has 0 radical (unpaired) electrons. The van der Waals surface area contributed by atoms with Crippen molar-refractivity contribution in [3.05, 3.63) is 77.3 Å². The first-order chi connectivity index (χ1) is 15.7. The second kappa shape index (κ2) is 9.38. The molecule has 4 aromatic rings. The molecule has 1 aromatic heterocycles. The molecule has 3 aromatic carbocycles. The molecule has 4 rings (SSSR count). The molecule has 0 spiro atoms. The van der Waals surface area contributed by atoms with Gasteiger partial charge in [-0.1, -0.05) is 41.9 Å². The Labute approximate surface area is 201 Å². The molecule has 172 valence electrons. The third-order valence-corrected chi connectivity index (χ3v) is 9.69. The summed E-state index contributed by atoms with van der Waals surface area (Å²) in [6, 6.07) is 17.8. The molecule has 0 saturated carbocycles. The van der Waals surface area contributed by atoms with Crippen molar-refractivity contribution in [3.63, 3.8) is 0 Å². The van der Waals surface area contributed by atoms with Gasteiger partial charge in [0.05, 0.1) is 10.6 Å². The van der Waals surface area contributed by atoms with Crippen LogP contribution in [-0.4, -0.2) is 33.3 Å². The zero-order valence-electron chi connectivity index (χ0n) is 17.4. The second-order valence-corrected chi connectivity index (χ2v) is 12.4. The third kappa shape index (κ3) is 5.35. The molecule has 0 aliphatic carbocycles. The van der Waals surface area contributed by atoms with Crippen LogP contribution in [-0.2, 0) is 19.9 Å². The van der Waals surface area contributed by atoms with E-state index in [-0.39, 0.29) is 27.3 Å². The van der Waals surface area contributed by atoms with Crippen LogP contribution in [0.2, 0.25) is 5.02 Å². The Hall–Kier alpha value is -2.53. The number of sulfonamides is 1. The van der Waals surface area contributed by atoms with Crippen LogP contribution >= 0.6 is 23.4 Å². The van der Waals surface area contributed by atoms with E-state index in [4.69, 9.17) is 16.0 Å². The normalized spacial score (nSPS) is 12.2. The number of aromatic nitrogens is 1. The van der Waals surface area contributed by atoms with Crippen molar-refractivity contribution in [2.75, 3.05) is 16.2 Å². The molecule has 0 fully saturated rings. The zero-order chi connectivity index (χ0) is 23.6. The minimum absolute atomic E-state index is 0.0336. The lowest BCUT2D eigenvalue weighted by atomic mass is 10.2. The molecule has 0 aliphatic rings. The maximum absolute atomic E-state index is 13.2. The summed E-state index contributed by atoms with van der Waals surface area (Å²) in [5.74, 6) is -0.0206. The van der Waals surface area contributed by atoms with Crippen molar-refractivity contribution in [3.8, 4) is 0 Å². The number of nitrogens with zero attached hydrogens (tertiary/aromatic N) is 1. The van der Waals surface area contributed by atoms with Gasteiger partial charge in [-0.25, -0.2) is 21.6 Å². The number of fused-ring (bicyclic) bond motifs is 1.